The molecule has 2 rings (SSSR count). The molecule has 2 N–H and O–H groups in total. The summed E-state index contributed by atoms with van der Waals surface area (Å²) in [7, 11) is 0. The molecule has 0 radical (unpaired) electrons. The van der Waals surface area contributed by atoms with Gasteiger partial charge in [-0.1, -0.05) is 6.92 Å². The number of nitrogens with zero attached hydrogens (tertiary/aromatic N) is 2. The first-order valence-electron chi connectivity index (χ1n) is 6.77. The van der Waals surface area contributed by atoms with Gasteiger partial charge in [-0.15, -0.1) is 0 Å². The van der Waals surface area contributed by atoms with Gasteiger partial charge in [0.25, 0.3) is 0 Å². The summed E-state index contributed by atoms with van der Waals surface area (Å²) in [6.07, 6.45) is 1.88. The van der Waals surface area contributed by atoms with Crippen molar-refractivity contribution >= 4 is 21.7 Å². The number of aryl methyl sites for hydroxylation is 1. The average molecular weight is 340 g/mol. The largest absolute Gasteiger partial charge is 0.383 e. The van der Waals surface area contributed by atoms with Crippen molar-refractivity contribution in [3.63, 3.8) is 0 Å². The van der Waals surface area contributed by atoms with Crippen LogP contribution in [0.3, 0.4) is 0 Å². The van der Waals surface area contributed by atoms with Crippen molar-refractivity contribution in [1.82, 2.24) is 9.55 Å². The number of aromatic nitrogens is 2. The minimum Gasteiger partial charge on any atom is -0.383 e. The van der Waals surface area contributed by atoms with Crippen molar-refractivity contribution in [2.75, 3.05) is 5.73 Å². The molecule has 5 heteroatoms. The van der Waals surface area contributed by atoms with E-state index >= 15 is 0 Å². The van der Waals surface area contributed by atoms with Gasteiger partial charge in [0.1, 0.15) is 23.2 Å². The van der Waals surface area contributed by atoms with E-state index in [1.165, 1.54) is 12.1 Å². The quantitative estimate of drug-likeness (QED) is 0.886. The highest BCUT2D eigenvalue weighted by Gasteiger charge is 2.19. The van der Waals surface area contributed by atoms with E-state index in [0.29, 0.717) is 16.0 Å². The van der Waals surface area contributed by atoms with Gasteiger partial charge in [0.05, 0.1) is 0 Å². The second-order valence-corrected chi connectivity index (χ2v) is 5.95. The summed E-state index contributed by atoms with van der Waals surface area (Å²) in [4.78, 5) is 4.67. The van der Waals surface area contributed by atoms with Crippen LogP contribution in [-0.2, 0) is 6.42 Å². The van der Waals surface area contributed by atoms with Crippen LogP contribution in [0.5, 0.6) is 0 Å². The minimum absolute atomic E-state index is 0.247. The second kappa shape index (κ2) is 5.95. The highest BCUT2D eigenvalue weighted by atomic mass is 79.9. The molecular formula is C15H19BrFN3. The molecule has 0 spiro atoms. The number of halogens is 2. The number of rotatable bonds is 4. The highest BCUT2D eigenvalue weighted by Crippen LogP contribution is 2.34. The lowest BCUT2D eigenvalue weighted by molar-refractivity contribution is 0.571. The van der Waals surface area contributed by atoms with Gasteiger partial charge in [-0.05, 0) is 54.4 Å². The van der Waals surface area contributed by atoms with E-state index in [2.05, 4.69) is 46.3 Å². The van der Waals surface area contributed by atoms with Crippen LogP contribution in [0.1, 0.15) is 39.1 Å². The number of benzene rings is 1. The second-order valence-electron chi connectivity index (χ2n) is 5.10. The van der Waals surface area contributed by atoms with Crippen molar-refractivity contribution in [1.29, 1.82) is 0 Å². The van der Waals surface area contributed by atoms with E-state index in [-0.39, 0.29) is 11.9 Å². The Labute approximate surface area is 127 Å². The number of anilines is 1. The molecule has 0 saturated heterocycles. The Hall–Kier alpha value is -1.36. The fourth-order valence-corrected chi connectivity index (χ4v) is 2.89. The minimum atomic E-state index is -0.281. The van der Waals surface area contributed by atoms with Gasteiger partial charge in [-0.25, -0.2) is 9.37 Å². The van der Waals surface area contributed by atoms with Crippen LogP contribution in [-0.4, -0.2) is 9.55 Å². The normalized spacial score (nSPS) is 11.3. The molecule has 2 aromatic rings. The topological polar surface area (TPSA) is 43.8 Å². The molecule has 0 aliphatic carbocycles. The predicted octanol–water partition coefficient (Wildman–Crippen LogP) is 4.57. The van der Waals surface area contributed by atoms with Crippen LogP contribution in [0.25, 0.3) is 11.3 Å². The summed E-state index contributed by atoms with van der Waals surface area (Å²) in [6.45, 7) is 6.28. The van der Waals surface area contributed by atoms with E-state index in [1.54, 1.807) is 6.07 Å². The summed E-state index contributed by atoms with van der Waals surface area (Å²) >= 11 is 3.38. The molecule has 0 aliphatic rings. The maximum atomic E-state index is 13.2. The smallest absolute Gasteiger partial charge is 0.132 e. The summed E-state index contributed by atoms with van der Waals surface area (Å²) in [6, 6.07) is 4.81. The first kappa shape index (κ1) is 15.0. The maximum Gasteiger partial charge on any atom is 0.132 e. The van der Waals surface area contributed by atoms with Crippen molar-refractivity contribution in [2.24, 2.45) is 0 Å². The fourth-order valence-electron chi connectivity index (χ4n) is 2.35. The van der Waals surface area contributed by atoms with E-state index in [4.69, 9.17) is 5.73 Å². The lowest BCUT2D eigenvalue weighted by Crippen LogP contribution is -2.09. The van der Waals surface area contributed by atoms with Gasteiger partial charge in [0, 0.05) is 22.5 Å². The van der Waals surface area contributed by atoms with E-state index in [9.17, 15) is 4.39 Å². The van der Waals surface area contributed by atoms with Gasteiger partial charge < -0.3 is 10.3 Å². The van der Waals surface area contributed by atoms with Gasteiger partial charge in [0.2, 0.25) is 0 Å². The molecule has 108 valence electrons. The third-order valence-electron chi connectivity index (χ3n) is 3.20. The fraction of sp³-hybridized carbons (Fsp3) is 0.400. The van der Waals surface area contributed by atoms with Crippen LogP contribution in [0, 0.1) is 5.82 Å². The number of hydrogen-bond donors (Lipinski definition) is 1. The summed E-state index contributed by atoms with van der Waals surface area (Å²) in [5, 5.41) is 0. The van der Waals surface area contributed by atoms with Crippen LogP contribution in [0.2, 0.25) is 0 Å². The molecule has 0 saturated carbocycles. The molecule has 0 atom stereocenters. The molecule has 0 unspecified atom stereocenters. The molecule has 0 bridgehead atoms. The van der Waals surface area contributed by atoms with Gasteiger partial charge in [0.15, 0.2) is 0 Å². The number of nitrogens with two attached hydrogens (primary N) is 1. The molecule has 1 aromatic heterocycles. The third kappa shape index (κ3) is 2.73. The molecular weight excluding hydrogens is 321 g/mol. The van der Waals surface area contributed by atoms with Crippen LogP contribution >= 0.6 is 15.9 Å². The molecule has 1 aromatic carbocycles. The third-order valence-corrected chi connectivity index (χ3v) is 3.85. The van der Waals surface area contributed by atoms with Gasteiger partial charge in [-0.2, -0.15) is 0 Å². The molecule has 0 fully saturated rings. The monoisotopic (exact) mass is 339 g/mol. The van der Waals surface area contributed by atoms with Crippen LogP contribution < -0.4 is 5.73 Å². The summed E-state index contributed by atoms with van der Waals surface area (Å²) in [5.41, 5.74) is 7.80. The Morgan fingerprint density at radius 1 is 1.40 bits per heavy atom. The zero-order chi connectivity index (χ0) is 14.9. The van der Waals surface area contributed by atoms with E-state index in [0.717, 1.165) is 24.2 Å². The maximum absolute atomic E-state index is 13.2. The molecule has 0 aliphatic heterocycles. The average Bonchev–Trinajstić information content (AvgIpc) is 2.67. The summed E-state index contributed by atoms with van der Waals surface area (Å²) < 4.78 is 15.9. The lowest BCUT2D eigenvalue weighted by atomic mass is 10.1. The Bertz CT molecular complexity index is 620. The Morgan fingerprint density at radius 2 is 2.10 bits per heavy atom. The lowest BCUT2D eigenvalue weighted by Gasteiger charge is -2.13. The Morgan fingerprint density at radius 3 is 2.65 bits per heavy atom. The highest BCUT2D eigenvalue weighted by molar-refractivity contribution is 9.10. The SMILES string of the molecule is CCCc1nc(-c2ccc(F)cc2Br)c(N)n1C(C)C. The van der Waals surface area contributed by atoms with Crippen molar-refractivity contribution in [3.05, 3.63) is 34.3 Å². The molecule has 0 amide bonds. The van der Waals surface area contributed by atoms with Gasteiger partial charge >= 0.3 is 0 Å². The Kier molecular flexibility index (Phi) is 4.48. The summed E-state index contributed by atoms with van der Waals surface area (Å²) in [5.74, 6) is 1.33. The van der Waals surface area contributed by atoms with Crippen molar-refractivity contribution < 1.29 is 4.39 Å². The molecule has 3 nitrogen and oxygen atoms in total. The van der Waals surface area contributed by atoms with Gasteiger partial charge in [-0.3, -0.25) is 0 Å². The van der Waals surface area contributed by atoms with E-state index in [1.807, 2.05) is 0 Å². The molecule has 20 heavy (non-hydrogen) atoms. The predicted molar refractivity (Wildman–Crippen MR) is 84.1 cm³/mol. The Balaban J connectivity index is 2.60. The van der Waals surface area contributed by atoms with Crippen LogP contribution in [0.15, 0.2) is 22.7 Å². The zero-order valence-corrected chi connectivity index (χ0v) is 13.5. The van der Waals surface area contributed by atoms with Crippen molar-refractivity contribution in [3.8, 4) is 11.3 Å². The number of nitrogen functional groups attached to an aromatic ring is 1. The standard InChI is InChI=1S/C15H19BrFN3/c1-4-5-13-19-14(15(18)20(13)9(2)3)11-7-6-10(17)8-12(11)16/h6-9H,4-5,18H2,1-3H3. The number of hydrogen-bond acceptors (Lipinski definition) is 2. The first-order chi connectivity index (χ1) is 9.45. The zero-order valence-electron chi connectivity index (χ0n) is 12.0. The first-order valence-corrected chi connectivity index (χ1v) is 7.57. The van der Waals surface area contributed by atoms with Crippen molar-refractivity contribution in [2.45, 2.75) is 39.7 Å². The number of imidazole rings is 1. The van der Waals surface area contributed by atoms with Crippen LogP contribution in [0.4, 0.5) is 10.2 Å². The van der Waals surface area contributed by atoms with E-state index < -0.39 is 0 Å². The molecule has 1 heterocycles.